The SMILES string of the molecule is O=C(Cc1cnn(-c2ccccc2)c1)NCC1COc2ccccc2C1. The minimum atomic E-state index is 0.0106. The average molecular weight is 347 g/mol. The summed E-state index contributed by atoms with van der Waals surface area (Å²) >= 11 is 0. The molecule has 1 atom stereocenters. The van der Waals surface area contributed by atoms with Crippen molar-refractivity contribution in [1.29, 1.82) is 0 Å². The number of hydrogen-bond acceptors (Lipinski definition) is 3. The van der Waals surface area contributed by atoms with Crippen LogP contribution in [0.15, 0.2) is 67.0 Å². The number of ether oxygens (including phenoxy) is 1. The second kappa shape index (κ2) is 7.44. The lowest BCUT2D eigenvalue weighted by atomic mass is 9.97. The van der Waals surface area contributed by atoms with E-state index in [2.05, 4.69) is 16.5 Å². The first-order valence-corrected chi connectivity index (χ1v) is 8.84. The molecule has 5 heteroatoms. The summed E-state index contributed by atoms with van der Waals surface area (Å²) in [5.41, 5.74) is 3.09. The molecular formula is C21H21N3O2. The lowest BCUT2D eigenvalue weighted by molar-refractivity contribution is -0.120. The van der Waals surface area contributed by atoms with Crippen molar-refractivity contribution in [3.8, 4) is 11.4 Å². The van der Waals surface area contributed by atoms with Crippen molar-refractivity contribution < 1.29 is 9.53 Å². The van der Waals surface area contributed by atoms with Gasteiger partial charge in [0, 0.05) is 18.7 Å². The summed E-state index contributed by atoms with van der Waals surface area (Å²) in [6, 6.07) is 18.0. The van der Waals surface area contributed by atoms with E-state index in [1.165, 1.54) is 5.56 Å². The van der Waals surface area contributed by atoms with Gasteiger partial charge in [-0.25, -0.2) is 4.68 Å². The van der Waals surface area contributed by atoms with Crippen LogP contribution >= 0.6 is 0 Å². The maximum atomic E-state index is 12.3. The van der Waals surface area contributed by atoms with E-state index in [1.54, 1.807) is 10.9 Å². The Morgan fingerprint density at radius 2 is 1.96 bits per heavy atom. The van der Waals surface area contributed by atoms with Gasteiger partial charge in [-0.1, -0.05) is 36.4 Å². The lowest BCUT2D eigenvalue weighted by Gasteiger charge is -2.25. The van der Waals surface area contributed by atoms with Gasteiger partial charge in [0.1, 0.15) is 5.75 Å². The van der Waals surface area contributed by atoms with Crippen LogP contribution in [0.1, 0.15) is 11.1 Å². The second-order valence-corrected chi connectivity index (χ2v) is 6.60. The fourth-order valence-corrected chi connectivity index (χ4v) is 3.20. The number of hydrogen-bond donors (Lipinski definition) is 1. The quantitative estimate of drug-likeness (QED) is 0.772. The van der Waals surface area contributed by atoms with Gasteiger partial charge in [-0.05, 0) is 35.7 Å². The highest BCUT2D eigenvalue weighted by molar-refractivity contribution is 5.78. The molecular weight excluding hydrogens is 326 g/mol. The van der Waals surface area contributed by atoms with Gasteiger partial charge in [0.05, 0.1) is 24.9 Å². The number of carbonyl (C=O) groups is 1. The molecule has 0 saturated carbocycles. The van der Waals surface area contributed by atoms with Crippen molar-refractivity contribution in [3.63, 3.8) is 0 Å². The molecule has 0 radical (unpaired) electrons. The molecule has 1 aliphatic rings. The first-order valence-electron chi connectivity index (χ1n) is 8.84. The molecule has 0 spiro atoms. The zero-order valence-corrected chi connectivity index (χ0v) is 14.5. The number of carbonyl (C=O) groups excluding carboxylic acids is 1. The topological polar surface area (TPSA) is 56.2 Å². The average Bonchev–Trinajstić information content (AvgIpc) is 3.15. The molecule has 0 bridgehead atoms. The fraction of sp³-hybridized carbons (Fsp3) is 0.238. The summed E-state index contributed by atoms with van der Waals surface area (Å²) in [5.74, 6) is 1.28. The van der Waals surface area contributed by atoms with Crippen LogP contribution in [0.3, 0.4) is 0 Å². The van der Waals surface area contributed by atoms with Gasteiger partial charge < -0.3 is 10.1 Å². The maximum absolute atomic E-state index is 12.3. The number of benzene rings is 2. The first-order chi connectivity index (χ1) is 12.8. The number of nitrogens with one attached hydrogen (secondary N) is 1. The zero-order valence-electron chi connectivity index (χ0n) is 14.5. The van der Waals surface area contributed by atoms with Crippen LogP contribution in [-0.4, -0.2) is 28.8 Å². The summed E-state index contributed by atoms with van der Waals surface area (Å²) in [6.45, 7) is 1.27. The van der Waals surface area contributed by atoms with E-state index < -0.39 is 0 Å². The van der Waals surface area contributed by atoms with Gasteiger partial charge in [0.15, 0.2) is 0 Å². The highest BCUT2D eigenvalue weighted by Gasteiger charge is 2.20. The first kappa shape index (κ1) is 16.4. The summed E-state index contributed by atoms with van der Waals surface area (Å²) in [6.07, 6.45) is 4.90. The van der Waals surface area contributed by atoms with Crippen LogP contribution in [0.2, 0.25) is 0 Å². The Kier molecular flexibility index (Phi) is 4.69. The molecule has 4 rings (SSSR count). The highest BCUT2D eigenvalue weighted by Crippen LogP contribution is 2.26. The fourth-order valence-electron chi connectivity index (χ4n) is 3.20. The van der Waals surface area contributed by atoms with Crippen LogP contribution in [0, 0.1) is 5.92 Å². The maximum Gasteiger partial charge on any atom is 0.224 e. The largest absolute Gasteiger partial charge is 0.493 e. The minimum Gasteiger partial charge on any atom is -0.493 e. The van der Waals surface area contributed by atoms with Gasteiger partial charge in [-0.15, -0.1) is 0 Å². The van der Waals surface area contributed by atoms with Crippen molar-refractivity contribution in [1.82, 2.24) is 15.1 Å². The summed E-state index contributed by atoms with van der Waals surface area (Å²) in [5, 5.41) is 7.36. The second-order valence-electron chi connectivity index (χ2n) is 6.60. The van der Waals surface area contributed by atoms with Gasteiger partial charge in [-0.2, -0.15) is 5.10 Å². The van der Waals surface area contributed by atoms with E-state index in [4.69, 9.17) is 4.74 Å². The van der Waals surface area contributed by atoms with Gasteiger partial charge >= 0.3 is 0 Å². The third kappa shape index (κ3) is 3.77. The molecule has 2 heterocycles. The molecule has 1 N–H and O–H groups in total. The molecule has 1 aromatic heterocycles. The smallest absolute Gasteiger partial charge is 0.224 e. The van der Waals surface area contributed by atoms with E-state index in [0.29, 0.717) is 25.5 Å². The molecule has 1 unspecified atom stereocenters. The van der Waals surface area contributed by atoms with E-state index in [9.17, 15) is 4.79 Å². The molecule has 5 nitrogen and oxygen atoms in total. The Balaban J connectivity index is 1.29. The third-order valence-electron chi connectivity index (χ3n) is 4.57. The molecule has 0 fully saturated rings. The van der Waals surface area contributed by atoms with Gasteiger partial charge in [0.2, 0.25) is 5.91 Å². The Morgan fingerprint density at radius 1 is 1.15 bits per heavy atom. The Labute approximate surface area is 152 Å². The molecule has 26 heavy (non-hydrogen) atoms. The van der Waals surface area contributed by atoms with Crippen molar-refractivity contribution in [2.75, 3.05) is 13.2 Å². The molecule has 3 aromatic rings. The lowest BCUT2D eigenvalue weighted by Crippen LogP contribution is -2.35. The van der Waals surface area contributed by atoms with Crippen LogP contribution in [-0.2, 0) is 17.6 Å². The summed E-state index contributed by atoms with van der Waals surface area (Å²) in [7, 11) is 0. The van der Waals surface area contributed by atoms with Crippen LogP contribution in [0.5, 0.6) is 5.75 Å². The number of nitrogens with zero attached hydrogens (tertiary/aromatic N) is 2. The normalized spacial score (nSPS) is 15.8. The van der Waals surface area contributed by atoms with Crippen molar-refractivity contribution in [2.45, 2.75) is 12.8 Å². The van der Waals surface area contributed by atoms with E-state index in [1.807, 2.05) is 54.7 Å². The van der Waals surface area contributed by atoms with Crippen molar-refractivity contribution in [3.05, 3.63) is 78.1 Å². The van der Waals surface area contributed by atoms with E-state index in [0.717, 1.165) is 23.4 Å². The van der Waals surface area contributed by atoms with Crippen LogP contribution in [0.25, 0.3) is 5.69 Å². The predicted molar refractivity (Wildman–Crippen MR) is 99.4 cm³/mol. The Hall–Kier alpha value is -3.08. The standard InChI is InChI=1S/C21H21N3O2/c25-21(11-16-13-23-24(14-16)19-7-2-1-3-8-19)22-12-17-10-18-6-4-5-9-20(18)26-15-17/h1-9,13-14,17H,10-12,15H2,(H,22,25). The number of aromatic nitrogens is 2. The Morgan fingerprint density at radius 3 is 2.85 bits per heavy atom. The number of amides is 1. The van der Waals surface area contributed by atoms with E-state index in [-0.39, 0.29) is 5.91 Å². The summed E-state index contributed by atoms with van der Waals surface area (Å²) < 4.78 is 7.56. The number of rotatable bonds is 5. The molecule has 132 valence electrons. The molecule has 0 saturated heterocycles. The third-order valence-corrected chi connectivity index (χ3v) is 4.57. The predicted octanol–water partition coefficient (Wildman–Crippen LogP) is 2.78. The Bertz CT molecular complexity index is 889. The monoisotopic (exact) mass is 347 g/mol. The van der Waals surface area contributed by atoms with Crippen LogP contribution < -0.4 is 10.1 Å². The minimum absolute atomic E-state index is 0.0106. The van der Waals surface area contributed by atoms with Gasteiger partial charge in [0.25, 0.3) is 0 Å². The van der Waals surface area contributed by atoms with Crippen molar-refractivity contribution in [2.24, 2.45) is 5.92 Å². The zero-order chi connectivity index (χ0) is 17.8. The molecule has 0 aliphatic carbocycles. The molecule has 2 aromatic carbocycles. The number of para-hydroxylation sites is 2. The molecule has 1 aliphatic heterocycles. The number of fused-ring (bicyclic) bond motifs is 1. The van der Waals surface area contributed by atoms with Gasteiger partial charge in [-0.3, -0.25) is 4.79 Å². The van der Waals surface area contributed by atoms with Crippen LogP contribution in [0.4, 0.5) is 0 Å². The van der Waals surface area contributed by atoms with Crippen molar-refractivity contribution >= 4 is 5.91 Å². The highest BCUT2D eigenvalue weighted by atomic mass is 16.5. The van der Waals surface area contributed by atoms with E-state index >= 15 is 0 Å². The summed E-state index contributed by atoms with van der Waals surface area (Å²) in [4.78, 5) is 12.3. The molecule has 1 amide bonds.